The number of aromatic amines is 1. The van der Waals surface area contributed by atoms with E-state index >= 15 is 0 Å². The average Bonchev–Trinajstić information content (AvgIpc) is 2.87. The highest BCUT2D eigenvalue weighted by molar-refractivity contribution is 5.49. The molecule has 1 aromatic heterocycles. The second-order valence-electron chi connectivity index (χ2n) is 5.99. The minimum absolute atomic E-state index is 0.0834. The van der Waals surface area contributed by atoms with E-state index in [0.29, 0.717) is 11.4 Å². The van der Waals surface area contributed by atoms with Crippen LogP contribution in [0.15, 0.2) is 57.5 Å². The largest absolute Gasteiger partial charge is 0.299 e. The number of azo groups is 1. The number of benzene rings is 2. The fourth-order valence-corrected chi connectivity index (χ4v) is 2.66. The number of aryl methyl sites for hydroxylation is 3. The first kappa shape index (κ1) is 17.3. The SMILES string of the molecule is Cc1ccc(-n2[nH]c(C)c(N=Nc3cccc([N+](=O)[O-])c3)c2=O)c(C)c1. The maximum Gasteiger partial charge on any atom is 0.299 e. The number of hydrogen-bond donors (Lipinski definition) is 1. The van der Waals surface area contributed by atoms with Crippen molar-refractivity contribution in [2.75, 3.05) is 0 Å². The van der Waals surface area contributed by atoms with Gasteiger partial charge >= 0.3 is 0 Å². The highest BCUT2D eigenvalue weighted by atomic mass is 16.6. The quantitative estimate of drug-likeness (QED) is 0.427. The number of nitrogens with one attached hydrogen (secondary N) is 1. The van der Waals surface area contributed by atoms with Gasteiger partial charge in [0, 0.05) is 12.1 Å². The minimum Gasteiger partial charge on any atom is -0.293 e. The lowest BCUT2D eigenvalue weighted by Gasteiger charge is -2.06. The summed E-state index contributed by atoms with van der Waals surface area (Å²) in [6, 6.07) is 11.5. The van der Waals surface area contributed by atoms with Gasteiger partial charge in [-0.2, -0.15) is 5.11 Å². The summed E-state index contributed by atoms with van der Waals surface area (Å²) in [6.07, 6.45) is 0. The number of nitro groups is 1. The Morgan fingerprint density at radius 3 is 2.54 bits per heavy atom. The summed E-state index contributed by atoms with van der Waals surface area (Å²) < 4.78 is 1.42. The molecule has 0 bridgehead atoms. The van der Waals surface area contributed by atoms with Crippen LogP contribution in [0, 0.1) is 30.9 Å². The normalized spacial score (nSPS) is 11.2. The van der Waals surface area contributed by atoms with Crippen molar-refractivity contribution in [3.63, 3.8) is 0 Å². The minimum atomic E-state index is -0.506. The van der Waals surface area contributed by atoms with Crippen molar-refractivity contribution in [3.05, 3.63) is 79.8 Å². The van der Waals surface area contributed by atoms with Crippen LogP contribution in [0.2, 0.25) is 0 Å². The first-order valence-corrected chi connectivity index (χ1v) is 7.92. The predicted octanol–water partition coefficient (Wildman–Crippen LogP) is 4.41. The number of rotatable bonds is 4. The lowest BCUT2D eigenvalue weighted by atomic mass is 10.1. The molecule has 3 rings (SSSR count). The van der Waals surface area contributed by atoms with E-state index in [4.69, 9.17) is 0 Å². The lowest BCUT2D eigenvalue weighted by molar-refractivity contribution is -0.384. The fourth-order valence-electron chi connectivity index (χ4n) is 2.66. The number of nitrogens with zero attached hydrogens (tertiary/aromatic N) is 4. The van der Waals surface area contributed by atoms with Gasteiger partial charge in [-0.3, -0.25) is 20.0 Å². The number of hydrogen-bond acceptors (Lipinski definition) is 5. The molecular weight excluding hydrogens is 334 g/mol. The van der Waals surface area contributed by atoms with E-state index < -0.39 is 4.92 Å². The third-order valence-corrected chi connectivity index (χ3v) is 3.94. The van der Waals surface area contributed by atoms with Crippen molar-refractivity contribution >= 4 is 17.1 Å². The lowest BCUT2D eigenvalue weighted by Crippen LogP contribution is -2.15. The van der Waals surface area contributed by atoms with E-state index in [-0.39, 0.29) is 16.9 Å². The molecule has 0 radical (unpaired) electrons. The molecule has 0 amide bonds. The average molecular weight is 351 g/mol. The first-order valence-electron chi connectivity index (χ1n) is 7.92. The molecule has 1 heterocycles. The summed E-state index contributed by atoms with van der Waals surface area (Å²) in [7, 11) is 0. The molecule has 26 heavy (non-hydrogen) atoms. The molecule has 0 aliphatic heterocycles. The van der Waals surface area contributed by atoms with Crippen LogP contribution in [-0.4, -0.2) is 14.7 Å². The highest BCUT2D eigenvalue weighted by Gasteiger charge is 2.14. The molecule has 0 saturated carbocycles. The van der Waals surface area contributed by atoms with Crippen LogP contribution in [-0.2, 0) is 0 Å². The molecule has 8 nitrogen and oxygen atoms in total. The van der Waals surface area contributed by atoms with Gasteiger partial charge < -0.3 is 0 Å². The molecule has 0 saturated heterocycles. The summed E-state index contributed by atoms with van der Waals surface area (Å²) >= 11 is 0. The Morgan fingerprint density at radius 2 is 1.85 bits per heavy atom. The molecule has 0 atom stereocenters. The summed E-state index contributed by atoms with van der Waals surface area (Å²) in [5.74, 6) is 0. The summed E-state index contributed by atoms with van der Waals surface area (Å²) in [5.41, 5.74) is 3.41. The monoisotopic (exact) mass is 351 g/mol. The van der Waals surface area contributed by atoms with Crippen LogP contribution < -0.4 is 5.56 Å². The maximum atomic E-state index is 12.7. The second kappa shape index (κ2) is 6.75. The summed E-state index contributed by atoms with van der Waals surface area (Å²) in [5, 5.41) is 21.8. The maximum absolute atomic E-state index is 12.7. The zero-order valence-electron chi connectivity index (χ0n) is 14.6. The van der Waals surface area contributed by atoms with Gasteiger partial charge in [-0.05, 0) is 38.5 Å². The van der Waals surface area contributed by atoms with Gasteiger partial charge in [-0.25, -0.2) is 4.68 Å². The Kier molecular flexibility index (Phi) is 4.49. The Bertz CT molecular complexity index is 1080. The third-order valence-electron chi connectivity index (χ3n) is 3.94. The van der Waals surface area contributed by atoms with Crippen molar-refractivity contribution in [2.45, 2.75) is 20.8 Å². The van der Waals surface area contributed by atoms with Gasteiger partial charge in [0.25, 0.3) is 11.2 Å². The van der Waals surface area contributed by atoms with Crippen LogP contribution in [0.4, 0.5) is 17.1 Å². The number of non-ortho nitro benzene ring substituents is 1. The van der Waals surface area contributed by atoms with Gasteiger partial charge in [0.05, 0.1) is 22.0 Å². The molecule has 3 aromatic rings. The molecule has 1 N–H and O–H groups in total. The van der Waals surface area contributed by atoms with Crippen molar-refractivity contribution in [1.29, 1.82) is 0 Å². The van der Waals surface area contributed by atoms with Crippen molar-refractivity contribution < 1.29 is 4.92 Å². The molecule has 0 aliphatic carbocycles. The summed E-state index contributed by atoms with van der Waals surface area (Å²) in [4.78, 5) is 23.0. The highest BCUT2D eigenvalue weighted by Crippen LogP contribution is 2.23. The smallest absolute Gasteiger partial charge is 0.293 e. The van der Waals surface area contributed by atoms with Gasteiger partial charge in [0.1, 0.15) is 0 Å². The van der Waals surface area contributed by atoms with Gasteiger partial charge in [0.2, 0.25) is 0 Å². The number of aromatic nitrogens is 2. The van der Waals surface area contributed by atoms with Crippen LogP contribution >= 0.6 is 0 Å². The van der Waals surface area contributed by atoms with E-state index in [1.165, 1.54) is 22.9 Å². The summed E-state index contributed by atoms with van der Waals surface area (Å²) in [6.45, 7) is 5.64. The predicted molar refractivity (Wildman–Crippen MR) is 97.9 cm³/mol. The molecular formula is C18H17N5O3. The standard InChI is InChI=1S/C18H17N5O3/c1-11-7-8-16(12(2)9-11)22-18(24)17(13(3)21-22)20-19-14-5-4-6-15(10-14)23(25)26/h4-10,21H,1-3H3. The molecule has 0 aliphatic rings. The van der Waals surface area contributed by atoms with Gasteiger partial charge in [-0.1, -0.05) is 23.8 Å². The molecule has 132 valence electrons. The van der Waals surface area contributed by atoms with E-state index in [0.717, 1.165) is 16.8 Å². The molecule has 8 heteroatoms. The molecule has 0 spiro atoms. The van der Waals surface area contributed by atoms with Crippen LogP contribution in [0.3, 0.4) is 0 Å². The molecule has 0 fully saturated rings. The number of nitro benzene ring substituents is 1. The second-order valence-corrected chi connectivity index (χ2v) is 5.99. The van der Waals surface area contributed by atoms with Crippen molar-refractivity contribution in [1.82, 2.24) is 9.78 Å². The topological polar surface area (TPSA) is 106 Å². The Morgan fingerprint density at radius 1 is 1.08 bits per heavy atom. The molecule has 2 aromatic carbocycles. The fraction of sp³-hybridized carbons (Fsp3) is 0.167. The van der Waals surface area contributed by atoms with E-state index in [1.807, 2.05) is 32.0 Å². The van der Waals surface area contributed by atoms with E-state index in [2.05, 4.69) is 15.3 Å². The van der Waals surface area contributed by atoms with E-state index in [1.54, 1.807) is 13.0 Å². The zero-order valence-corrected chi connectivity index (χ0v) is 14.6. The Balaban J connectivity index is 2.00. The third kappa shape index (κ3) is 3.30. The van der Waals surface area contributed by atoms with Crippen LogP contribution in [0.1, 0.15) is 16.8 Å². The van der Waals surface area contributed by atoms with E-state index in [9.17, 15) is 14.9 Å². The van der Waals surface area contributed by atoms with Gasteiger partial charge in [0.15, 0.2) is 5.69 Å². The zero-order chi connectivity index (χ0) is 18.8. The van der Waals surface area contributed by atoms with Gasteiger partial charge in [-0.15, -0.1) is 5.11 Å². The van der Waals surface area contributed by atoms with Crippen molar-refractivity contribution in [3.8, 4) is 5.69 Å². The first-order chi connectivity index (χ1) is 12.4. The van der Waals surface area contributed by atoms with Crippen LogP contribution in [0.25, 0.3) is 5.69 Å². The molecule has 0 unspecified atom stereocenters. The Labute approximate surface area is 149 Å². The van der Waals surface area contributed by atoms with Crippen LogP contribution in [0.5, 0.6) is 0 Å². The Hall–Kier alpha value is -3.55. The van der Waals surface area contributed by atoms with Crippen molar-refractivity contribution in [2.24, 2.45) is 10.2 Å². The number of H-pyrrole nitrogens is 1.